The summed E-state index contributed by atoms with van der Waals surface area (Å²) < 4.78 is 4.91. The van der Waals surface area contributed by atoms with Gasteiger partial charge in [-0.1, -0.05) is 11.6 Å². The molecule has 0 spiro atoms. The Balaban J connectivity index is 3.08. The summed E-state index contributed by atoms with van der Waals surface area (Å²) >= 11 is 6.01. The predicted octanol–water partition coefficient (Wildman–Crippen LogP) is 2.71. The van der Waals surface area contributed by atoms with E-state index in [0.717, 1.165) is 0 Å². The summed E-state index contributed by atoms with van der Waals surface area (Å²) in [6, 6.07) is 2.91. The van der Waals surface area contributed by atoms with E-state index in [0.29, 0.717) is 10.6 Å². The van der Waals surface area contributed by atoms with Crippen LogP contribution in [0.4, 0.5) is 0 Å². The van der Waals surface area contributed by atoms with Crippen LogP contribution in [-0.2, 0) is 11.2 Å². The third kappa shape index (κ3) is 3.03. The second-order valence-electron chi connectivity index (χ2n) is 4.48. The number of phenols is 1. The van der Waals surface area contributed by atoms with E-state index in [9.17, 15) is 9.90 Å². The van der Waals surface area contributed by atoms with Crippen molar-refractivity contribution in [3.05, 3.63) is 22.7 Å². The fourth-order valence-corrected chi connectivity index (χ4v) is 1.66. The minimum Gasteiger partial charge on any atom is -0.504 e. The van der Waals surface area contributed by atoms with Crippen molar-refractivity contribution in [3.8, 4) is 11.5 Å². The van der Waals surface area contributed by atoms with Crippen LogP contribution in [-0.4, -0.2) is 23.3 Å². The molecule has 0 saturated heterocycles. The number of aliphatic carboxylic acids is 1. The Morgan fingerprint density at radius 3 is 2.53 bits per heavy atom. The molecule has 94 valence electrons. The van der Waals surface area contributed by atoms with Crippen LogP contribution in [0, 0.1) is 5.41 Å². The van der Waals surface area contributed by atoms with E-state index in [1.165, 1.54) is 19.2 Å². The van der Waals surface area contributed by atoms with Crippen LogP contribution >= 0.6 is 11.6 Å². The van der Waals surface area contributed by atoms with Gasteiger partial charge in [-0.15, -0.1) is 0 Å². The molecule has 0 unspecified atom stereocenters. The Hall–Kier alpha value is -1.42. The number of hydrogen-bond acceptors (Lipinski definition) is 3. The molecule has 0 fully saturated rings. The van der Waals surface area contributed by atoms with Gasteiger partial charge in [0, 0.05) is 11.1 Å². The fraction of sp³-hybridized carbons (Fsp3) is 0.417. The van der Waals surface area contributed by atoms with Crippen molar-refractivity contribution in [2.24, 2.45) is 5.41 Å². The van der Waals surface area contributed by atoms with Crippen LogP contribution in [0.15, 0.2) is 12.1 Å². The third-order valence-electron chi connectivity index (χ3n) is 2.56. The van der Waals surface area contributed by atoms with Crippen LogP contribution in [0.5, 0.6) is 11.5 Å². The highest BCUT2D eigenvalue weighted by molar-refractivity contribution is 6.31. The topological polar surface area (TPSA) is 66.8 Å². The van der Waals surface area contributed by atoms with Gasteiger partial charge in [-0.25, -0.2) is 0 Å². The van der Waals surface area contributed by atoms with Gasteiger partial charge in [0.1, 0.15) is 0 Å². The molecule has 5 heteroatoms. The van der Waals surface area contributed by atoms with E-state index < -0.39 is 11.4 Å². The highest BCUT2D eigenvalue weighted by atomic mass is 35.5. The lowest BCUT2D eigenvalue weighted by Crippen LogP contribution is -2.26. The number of carbonyl (C=O) groups is 1. The first-order valence-electron chi connectivity index (χ1n) is 5.06. The summed E-state index contributed by atoms with van der Waals surface area (Å²) in [5.41, 5.74) is -0.359. The van der Waals surface area contributed by atoms with Crippen molar-refractivity contribution in [1.82, 2.24) is 0 Å². The smallest absolute Gasteiger partial charge is 0.309 e. The second-order valence-corrected chi connectivity index (χ2v) is 4.89. The van der Waals surface area contributed by atoms with Gasteiger partial charge in [-0.3, -0.25) is 4.79 Å². The molecule has 17 heavy (non-hydrogen) atoms. The minimum absolute atomic E-state index is 0.0481. The summed E-state index contributed by atoms with van der Waals surface area (Å²) in [7, 11) is 1.42. The lowest BCUT2D eigenvalue weighted by Gasteiger charge is -2.20. The van der Waals surface area contributed by atoms with Crippen LogP contribution in [0.25, 0.3) is 0 Å². The first-order valence-corrected chi connectivity index (χ1v) is 5.44. The molecule has 0 aliphatic carbocycles. The zero-order chi connectivity index (χ0) is 13.2. The molecule has 0 bridgehead atoms. The van der Waals surface area contributed by atoms with Gasteiger partial charge in [-0.2, -0.15) is 0 Å². The number of methoxy groups -OCH3 is 1. The molecule has 0 atom stereocenters. The third-order valence-corrected chi connectivity index (χ3v) is 2.91. The average Bonchev–Trinajstić information content (AvgIpc) is 2.22. The van der Waals surface area contributed by atoms with Crippen molar-refractivity contribution >= 4 is 17.6 Å². The Morgan fingerprint density at radius 2 is 2.06 bits per heavy atom. The first-order chi connectivity index (χ1) is 7.77. The molecule has 0 aliphatic rings. The van der Waals surface area contributed by atoms with Gasteiger partial charge in [0.25, 0.3) is 0 Å². The number of halogens is 1. The van der Waals surface area contributed by atoms with Gasteiger partial charge >= 0.3 is 5.97 Å². The molecule has 0 radical (unpaired) electrons. The standard InChI is InChI=1S/C12H15ClO4/c1-12(2,11(15)16)6-7-4-9(14)10(17-3)5-8(7)13/h4-5,14H,6H2,1-3H3,(H,15,16). The molecular weight excluding hydrogens is 244 g/mol. The molecule has 0 aromatic heterocycles. The van der Waals surface area contributed by atoms with E-state index in [-0.39, 0.29) is 17.9 Å². The summed E-state index contributed by atoms with van der Waals surface area (Å²) in [5, 5.41) is 19.0. The number of carboxylic acid groups (broad SMARTS) is 1. The second kappa shape index (κ2) is 4.84. The van der Waals surface area contributed by atoms with Crippen molar-refractivity contribution < 1.29 is 19.7 Å². The lowest BCUT2D eigenvalue weighted by molar-refractivity contribution is -0.146. The molecule has 2 N–H and O–H groups in total. The Morgan fingerprint density at radius 1 is 1.47 bits per heavy atom. The van der Waals surface area contributed by atoms with E-state index in [2.05, 4.69) is 0 Å². The van der Waals surface area contributed by atoms with E-state index in [1.807, 2.05) is 0 Å². The first kappa shape index (κ1) is 13.6. The van der Waals surface area contributed by atoms with Gasteiger partial charge in [0.15, 0.2) is 11.5 Å². The maximum Gasteiger partial charge on any atom is 0.309 e. The van der Waals surface area contributed by atoms with E-state index in [4.69, 9.17) is 21.4 Å². The number of carboxylic acids is 1. The molecule has 0 aliphatic heterocycles. The number of phenolic OH excluding ortho intramolecular Hbond substituents is 1. The summed E-state index contributed by atoms with van der Waals surface area (Å²) in [5.74, 6) is -0.691. The van der Waals surface area contributed by atoms with Crippen molar-refractivity contribution in [3.63, 3.8) is 0 Å². The van der Waals surface area contributed by atoms with Crippen molar-refractivity contribution in [2.75, 3.05) is 7.11 Å². The van der Waals surface area contributed by atoms with Gasteiger partial charge in [0.2, 0.25) is 0 Å². The van der Waals surface area contributed by atoms with Crippen LogP contribution in [0.2, 0.25) is 5.02 Å². The Labute approximate surface area is 105 Å². The van der Waals surface area contributed by atoms with Crippen LogP contribution in [0.1, 0.15) is 19.4 Å². The molecular formula is C12H15ClO4. The molecule has 0 saturated carbocycles. The van der Waals surface area contributed by atoms with E-state index >= 15 is 0 Å². The number of aromatic hydroxyl groups is 1. The Kier molecular flexibility index (Phi) is 3.88. The summed E-state index contributed by atoms with van der Waals surface area (Å²) in [6.45, 7) is 3.21. The molecule has 1 rings (SSSR count). The average molecular weight is 259 g/mol. The highest BCUT2D eigenvalue weighted by Crippen LogP contribution is 2.35. The Bertz CT molecular complexity index is 440. The zero-order valence-corrected chi connectivity index (χ0v) is 10.7. The summed E-state index contributed by atoms with van der Waals surface area (Å²) in [6.07, 6.45) is 0.235. The lowest BCUT2D eigenvalue weighted by atomic mass is 9.86. The molecule has 0 amide bonds. The van der Waals surface area contributed by atoms with Crippen molar-refractivity contribution in [2.45, 2.75) is 20.3 Å². The predicted molar refractivity (Wildman–Crippen MR) is 64.8 cm³/mol. The van der Waals surface area contributed by atoms with Gasteiger partial charge in [-0.05, 0) is 31.9 Å². The SMILES string of the molecule is COc1cc(Cl)c(CC(C)(C)C(=O)O)cc1O. The molecule has 0 heterocycles. The number of benzene rings is 1. The maximum atomic E-state index is 11.0. The number of ether oxygens (including phenoxy) is 1. The van der Waals surface area contributed by atoms with Crippen molar-refractivity contribution in [1.29, 1.82) is 0 Å². The molecule has 4 nitrogen and oxygen atoms in total. The van der Waals surface area contributed by atoms with Gasteiger partial charge in [0.05, 0.1) is 12.5 Å². The summed E-state index contributed by atoms with van der Waals surface area (Å²) in [4.78, 5) is 11.0. The zero-order valence-electron chi connectivity index (χ0n) is 9.95. The number of rotatable bonds is 4. The van der Waals surface area contributed by atoms with E-state index in [1.54, 1.807) is 13.8 Å². The fourth-order valence-electron chi connectivity index (χ4n) is 1.44. The normalized spacial score (nSPS) is 11.3. The largest absolute Gasteiger partial charge is 0.504 e. The molecule has 1 aromatic rings. The number of hydrogen-bond donors (Lipinski definition) is 2. The van der Waals surface area contributed by atoms with Crippen LogP contribution < -0.4 is 4.74 Å². The van der Waals surface area contributed by atoms with Gasteiger partial charge < -0.3 is 14.9 Å². The molecule has 1 aromatic carbocycles. The minimum atomic E-state index is -0.940. The monoisotopic (exact) mass is 258 g/mol. The highest BCUT2D eigenvalue weighted by Gasteiger charge is 2.28. The quantitative estimate of drug-likeness (QED) is 0.871. The maximum absolute atomic E-state index is 11.0. The van der Waals surface area contributed by atoms with Crippen LogP contribution in [0.3, 0.4) is 0 Å².